The number of hydrogen-bond acceptors (Lipinski definition) is 5. The molecular formula is C23H23N3O4S. The fourth-order valence-electron chi connectivity index (χ4n) is 2.72. The Balaban J connectivity index is 1.58. The summed E-state index contributed by atoms with van der Waals surface area (Å²) in [6.07, 6.45) is 5.14. The molecule has 0 unspecified atom stereocenters. The van der Waals surface area contributed by atoms with Gasteiger partial charge in [-0.05, 0) is 48.6 Å². The summed E-state index contributed by atoms with van der Waals surface area (Å²) in [6, 6.07) is 16.0. The van der Waals surface area contributed by atoms with Crippen molar-refractivity contribution in [2.75, 3.05) is 37.1 Å². The first-order valence-corrected chi connectivity index (χ1v) is 10.1. The number of amides is 2. The molecule has 1 aliphatic rings. The minimum Gasteiger partial charge on any atom is -0.375 e. The highest BCUT2D eigenvalue weighted by Crippen LogP contribution is 2.16. The molecule has 0 spiro atoms. The molecule has 0 radical (unpaired) electrons. The van der Waals surface area contributed by atoms with Crippen molar-refractivity contribution in [2.24, 2.45) is 0 Å². The zero-order valence-electron chi connectivity index (χ0n) is 16.8. The van der Waals surface area contributed by atoms with Crippen LogP contribution < -0.4 is 16.0 Å². The largest absolute Gasteiger partial charge is 0.375 e. The van der Waals surface area contributed by atoms with Crippen molar-refractivity contribution in [3.63, 3.8) is 0 Å². The number of ether oxygens (including phenoxy) is 2. The second-order valence-corrected chi connectivity index (χ2v) is 6.93. The van der Waals surface area contributed by atoms with Gasteiger partial charge >= 0.3 is 0 Å². The molecule has 0 saturated carbocycles. The Morgan fingerprint density at radius 2 is 1.55 bits per heavy atom. The first-order valence-electron chi connectivity index (χ1n) is 9.73. The summed E-state index contributed by atoms with van der Waals surface area (Å²) in [7, 11) is 0. The minimum atomic E-state index is -0.355. The van der Waals surface area contributed by atoms with Crippen LogP contribution in [-0.2, 0) is 14.3 Å². The van der Waals surface area contributed by atoms with E-state index in [1.165, 1.54) is 0 Å². The summed E-state index contributed by atoms with van der Waals surface area (Å²) in [4.78, 5) is 24.8. The second-order valence-electron chi connectivity index (χ2n) is 6.52. The molecule has 1 aliphatic heterocycles. The average Bonchev–Trinajstić information content (AvgIpc) is 2.78. The molecule has 0 bridgehead atoms. The number of benzene rings is 2. The molecule has 0 aliphatic carbocycles. The fraction of sp³-hybridized carbons (Fsp3) is 0.174. The molecule has 31 heavy (non-hydrogen) atoms. The topological polar surface area (TPSA) is 88.7 Å². The summed E-state index contributed by atoms with van der Waals surface area (Å²) in [6.45, 7) is 1.69. The first-order chi connectivity index (χ1) is 15.1. The van der Waals surface area contributed by atoms with Crippen molar-refractivity contribution in [1.29, 1.82) is 0 Å². The zero-order chi connectivity index (χ0) is 21.9. The molecule has 0 saturated heterocycles. The van der Waals surface area contributed by atoms with Gasteiger partial charge in [-0.3, -0.25) is 14.9 Å². The highest BCUT2D eigenvalue weighted by Gasteiger charge is 2.10. The molecule has 2 aromatic rings. The maximum absolute atomic E-state index is 12.5. The number of nitrogens with one attached hydrogen (secondary N) is 3. The van der Waals surface area contributed by atoms with Crippen LogP contribution in [0.1, 0.15) is 10.4 Å². The number of carbonyl (C=O) groups is 2. The van der Waals surface area contributed by atoms with Crippen LogP contribution in [0, 0.1) is 0 Å². The van der Waals surface area contributed by atoms with Crippen LogP contribution in [0.2, 0.25) is 0 Å². The molecule has 0 fully saturated rings. The third-order valence-electron chi connectivity index (χ3n) is 4.21. The summed E-state index contributed by atoms with van der Waals surface area (Å²) in [5.74, 6) is -0.569. The Morgan fingerprint density at radius 1 is 0.839 bits per heavy atom. The van der Waals surface area contributed by atoms with E-state index >= 15 is 0 Å². The minimum absolute atomic E-state index is 0.139. The van der Waals surface area contributed by atoms with Crippen LogP contribution in [-0.4, -0.2) is 43.4 Å². The van der Waals surface area contributed by atoms with Gasteiger partial charge in [0, 0.05) is 22.5 Å². The summed E-state index contributed by atoms with van der Waals surface area (Å²) < 4.78 is 10.7. The molecule has 160 valence electrons. The Kier molecular flexibility index (Phi) is 8.48. The highest BCUT2D eigenvalue weighted by molar-refractivity contribution is 7.80. The zero-order valence-corrected chi connectivity index (χ0v) is 17.6. The molecular weight excluding hydrogens is 414 g/mol. The van der Waals surface area contributed by atoms with Gasteiger partial charge in [0.05, 0.1) is 26.4 Å². The van der Waals surface area contributed by atoms with Gasteiger partial charge in [-0.15, -0.1) is 0 Å². The van der Waals surface area contributed by atoms with E-state index in [9.17, 15) is 9.59 Å². The molecule has 3 rings (SSSR count). The SMILES string of the molecule is O=C(NC(=S)Nc1cccc(NC(=O)c2ccccc2)c1)C1=CCOCCOCC=C1. The normalized spacial score (nSPS) is 14.1. The average molecular weight is 438 g/mol. The van der Waals surface area contributed by atoms with E-state index in [-0.39, 0.29) is 16.9 Å². The van der Waals surface area contributed by atoms with Crippen LogP contribution in [0.5, 0.6) is 0 Å². The van der Waals surface area contributed by atoms with Gasteiger partial charge in [0.15, 0.2) is 5.11 Å². The van der Waals surface area contributed by atoms with E-state index in [0.29, 0.717) is 48.9 Å². The third kappa shape index (κ3) is 7.45. The van der Waals surface area contributed by atoms with Crippen LogP contribution in [0.4, 0.5) is 11.4 Å². The van der Waals surface area contributed by atoms with Gasteiger partial charge in [-0.1, -0.05) is 36.4 Å². The third-order valence-corrected chi connectivity index (χ3v) is 4.41. The molecule has 8 heteroatoms. The van der Waals surface area contributed by atoms with Gasteiger partial charge < -0.3 is 20.1 Å². The Bertz CT molecular complexity index is 989. The van der Waals surface area contributed by atoms with Gasteiger partial charge in [-0.25, -0.2) is 0 Å². The summed E-state index contributed by atoms with van der Waals surface area (Å²) in [5, 5.41) is 8.58. The molecule has 2 aromatic carbocycles. The van der Waals surface area contributed by atoms with Gasteiger partial charge in [0.2, 0.25) is 0 Å². The van der Waals surface area contributed by atoms with E-state index in [4.69, 9.17) is 21.7 Å². The Morgan fingerprint density at radius 3 is 2.32 bits per heavy atom. The van der Waals surface area contributed by atoms with Crippen molar-refractivity contribution in [3.05, 3.63) is 84.0 Å². The molecule has 0 aromatic heterocycles. The van der Waals surface area contributed by atoms with Gasteiger partial charge in [-0.2, -0.15) is 0 Å². The number of thiocarbonyl (C=S) groups is 1. The van der Waals surface area contributed by atoms with Crippen molar-refractivity contribution in [3.8, 4) is 0 Å². The number of rotatable bonds is 4. The number of carbonyl (C=O) groups excluding carboxylic acids is 2. The maximum atomic E-state index is 12.5. The molecule has 7 nitrogen and oxygen atoms in total. The van der Waals surface area contributed by atoms with Gasteiger partial charge in [0.1, 0.15) is 0 Å². The monoisotopic (exact) mass is 437 g/mol. The van der Waals surface area contributed by atoms with Crippen molar-refractivity contribution in [2.45, 2.75) is 0 Å². The Labute approximate surface area is 186 Å². The predicted molar refractivity (Wildman–Crippen MR) is 124 cm³/mol. The van der Waals surface area contributed by atoms with Gasteiger partial charge in [0.25, 0.3) is 11.8 Å². The molecule has 1 heterocycles. The van der Waals surface area contributed by atoms with Crippen LogP contribution in [0.3, 0.4) is 0 Å². The van der Waals surface area contributed by atoms with Crippen molar-refractivity contribution < 1.29 is 19.1 Å². The standard InChI is InChI=1S/C23H23N3O4S/c27-21(17-6-2-1-3-7-17)24-19-9-4-10-20(16-19)25-23(31)26-22(28)18-8-5-12-29-14-15-30-13-11-18/h1-11,16H,12-15H2,(H,24,27)(H2,25,26,28,31). The second kappa shape index (κ2) is 11.8. The summed E-state index contributed by atoms with van der Waals surface area (Å²) >= 11 is 5.26. The maximum Gasteiger partial charge on any atom is 0.257 e. The van der Waals surface area contributed by atoms with E-state index in [1.807, 2.05) is 6.07 Å². The lowest BCUT2D eigenvalue weighted by Crippen LogP contribution is -2.35. The smallest absolute Gasteiger partial charge is 0.257 e. The molecule has 2 amide bonds. The lowest BCUT2D eigenvalue weighted by atomic mass is 10.2. The van der Waals surface area contributed by atoms with E-state index in [1.54, 1.807) is 66.8 Å². The van der Waals surface area contributed by atoms with Crippen LogP contribution in [0.15, 0.2) is 78.4 Å². The quantitative estimate of drug-likeness (QED) is 0.637. The Hall–Kier alpha value is -3.33. The number of anilines is 2. The highest BCUT2D eigenvalue weighted by atomic mass is 32.1. The van der Waals surface area contributed by atoms with Crippen molar-refractivity contribution >= 4 is 40.5 Å². The fourth-order valence-corrected chi connectivity index (χ4v) is 2.93. The van der Waals surface area contributed by atoms with Crippen LogP contribution in [0.25, 0.3) is 0 Å². The van der Waals surface area contributed by atoms with Crippen molar-refractivity contribution in [1.82, 2.24) is 5.32 Å². The molecule has 0 atom stereocenters. The first kappa shape index (κ1) is 22.4. The van der Waals surface area contributed by atoms with E-state index < -0.39 is 0 Å². The molecule has 3 N–H and O–H groups in total. The lowest BCUT2D eigenvalue weighted by Gasteiger charge is -2.12. The number of hydrogen-bond donors (Lipinski definition) is 3. The van der Waals surface area contributed by atoms with E-state index in [0.717, 1.165) is 0 Å². The lowest BCUT2D eigenvalue weighted by molar-refractivity contribution is -0.115. The predicted octanol–water partition coefficient (Wildman–Crippen LogP) is 3.28. The van der Waals surface area contributed by atoms with E-state index in [2.05, 4.69) is 16.0 Å². The summed E-state index contributed by atoms with van der Waals surface area (Å²) in [5.41, 5.74) is 2.22. The van der Waals surface area contributed by atoms with Crippen LogP contribution >= 0.6 is 12.2 Å².